The lowest BCUT2D eigenvalue weighted by Crippen LogP contribution is -2.39. The number of aliphatic hydroxyl groups excluding tert-OH is 1. The summed E-state index contributed by atoms with van der Waals surface area (Å²) in [6, 6.07) is 5.59. The smallest absolute Gasteiger partial charge is 0.265 e. The second-order valence-corrected chi connectivity index (χ2v) is 7.29. The molecule has 1 aliphatic heterocycles. The number of aryl methyl sites for hydroxylation is 2. The van der Waals surface area contributed by atoms with Gasteiger partial charge in [-0.05, 0) is 44.2 Å². The van der Waals surface area contributed by atoms with Gasteiger partial charge in [-0.1, -0.05) is 13.0 Å². The van der Waals surface area contributed by atoms with Gasteiger partial charge in [0.25, 0.3) is 5.91 Å². The summed E-state index contributed by atoms with van der Waals surface area (Å²) in [5.41, 5.74) is 1.55. The third kappa shape index (κ3) is 3.49. The zero-order chi connectivity index (χ0) is 17.1. The van der Waals surface area contributed by atoms with Gasteiger partial charge in [0.15, 0.2) is 0 Å². The Morgan fingerprint density at radius 3 is 2.75 bits per heavy atom. The number of nitrogens with zero attached hydrogens (tertiary/aromatic N) is 3. The van der Waals surface area contributed by atoms with Crippen LogP contribution in [0.5, 0.6) is 0 Å². The average molecular weight is 345 g/mol. The molecule has 0 saturated carbocycles. The molecular formula is C18H23N3O2S. The zero-order valence-corrected chi connectivity index (χ0v) is 14.9. The van der Waals surface area contributed by atoms with Gasteiger partial charge in [-0.15, -0.1) is 11.3 Å². The molecule has 2 aromatic rings. The summed E-state index contributed by atoms with van der Waals surface area (Å²) in [6.45, 7) is 5.30. The number of aromatic nitrogens is 2. The summed E-state index contributed by atoms with van der Waals surface area (Å²) in [5, 5.41) is 11.5. The van der Waals surface area contributed by atoms with Crippen LogP contribution in [0.4, 0.5) is 0 Å². The molecule has 0 aromatic carbocycles. The van der Waals surface area contributed by atoms with Crippen LogP contribution in [0.3, 0.4) is 0 Å². The standard InChI is InChI=1S/C18H23N3O2S/c1-3-15-20-12(2)17(24-15)18(23)21-10-7-13(8-11-21)16(22)14-6-4-5-9-19-14/h4-6,9,13,16,22H,3,7-8,10-11H2,1-2H3/t16-/m1/s1. The first kappa shape index (κ1) is 17.0. The molecule has 1 amide bonds. The molecule has 0 bridgehead atoms. The summed E-state index contributed by atoms with van der Waals surface area (Å²) in [6.07, 6.45) is 3.59. The summed E-state index contributed by atoms with van der Waals surface area (Å²) in [7, 11) is 0. The van der Waals surface area contributed by atoms with Gasteiger partial charge in [0.05, 0.1) is 22.5 Å². The number of thiazole rings is 1. The second kappa shape index (κ2) is 7.40. The minimum absolute atomic E-state index is 0.0791. The van der Waals surface area contributed by atoms with E-state index in [0.29, 0.717) is 18.8 Å². The predicted octanol–water partition coefficient (Wildman–Crippen LogP) is 2.99. The van der Waals surface area contributed by atoms with Crippen molar-refractivity contribution in [1.29, 1.82) is 0 Å². The van der Waals surface area contributed by atoms with E-state index in [2.05, 4.69) is 16.9 Å². The molecule has 6 heteroatoms. The Balaban J connectivity index is 1.62. The number of pyridine rings is 1. The van der Waals surface area contributed by atoms with Crippen LogP contribution in [0.1, 0.15) is 51.9 Å². The van der Waals surface area contributed by atoms with E-state index >= 15 is 0 Å². The number of hydrogen-bond acceptors (Lipinski definition) is 5. The number of likely N-dealkylation sites (tertiary alicyclic amines) is 1. The number of rotatable bonds is 4. The molecule has 0 spiro atoms. The highest BCUT2D eigenvalue weighted by atomic mass is 32.1. The first-order valence-electron chi connectivity index (χ1n) is 8.44. The maximum atomic E-state index is 12.7. The average Bonchev–Trinajstić information content (AvgIpc) is 3.02. The molecule has 5 nitrogen and oxygen atoms in total. The van der Waals surface area contributed by atoms with Gasteiger partial charge in [0, 0.05) is 19.3 Å². The van der Waals surface area contributed by atoms with Crippen molar-refractivity contribution in [2.75, 3.05) is 13.1 Å². The van der Waals surface area contributed by atoms with Gasteiger partial charge in [0.1, 0.15) is 4.88 Å². The fourth-order valence-corrected chi connectivity index (χ4v) is 4.13. The van der Waals surface area contributed by atoms with Gasteiger partial charge in [-0.2, -0.15) is 0 Å². The van der Waals surface area contributed by atoms with Crippen LogP contribution in [-0.4, -0.2) is 39.0 Å². The lowest BCUT2D eigenvalue weighted by atomic mass is 9.89. The maximum Gasteiger partial charge on any atom is 0.265 e. The van der Waals surface area contributed by atoms with E-state index in [9.17, 15) is 9.90 Å². The van der Waals surface area contributed by atoms with Crippen molar-refractivity contribution in [1.82, 2.24) is 14.9 Å². The Kier molecular flexibility index (Phi) is 5.26. The minimum Gasteiger partial charge on any atom is -0.387 e. The SMILES string of the molecule is CCc1nc(C)c(C(=O)N2CCC([C@@H](O)c3ccccn3)CC2)s1. The Morgan fingerprint density at radius 2 is 2.17 bits per heavy atom. The van der Waals surface area contributed by atoms with Crippen LogP contribution >= 0.6 is 11.3 Å². The molecule has 1 atom stereocenters. The van der Waals surface area contributed by atoms with Crippen molar-refractivity contribution >= 4 is 17.2 Å². The Bertz CT molecular complexity index is 694. The number of hydrogen-bond donors (Lipinski definition) is 1. The number of carbonyl (C=O) groups excluding carboxylic acids is 1. The monoisotopic (exact) mass is 345 g/mol. The van der Waals surface area contributed by atoms with Crippen LogP contribution in [0.25, 0.3) is 0 Å². The molecule has 128 valence electrons. The lowest BCUT2D eigenvalue weighted by Gasteiger charge is -2.33. The minimum atomic E-state index is -0.555. The van der Waals surface area contributed by atoms with Gasteiger partial charge >= 0.3 is 0 Å². The van der Waals surface area contributed by atoms with Crippen molar-refractivity contribution in [3.63, 3.8) is 0 Å². The number of carbonyl (C=O) groups is 1. The maximum absolute atomic E-state index is 12.7. The lowest BCUT2D eigenvalue weighted by molar-refractivity contribution is 0.0450. The summed E-state index contributed by atoms with van der Waals surface area (Å²) in [5.74, 6) is 0.230. The van der Waals surface area contributed by atoms with Gasteiger partial charge in [-0.25, -0.2) is 4.98 Å². The fraction of sp³-hybridized carbons (Fsp3) is 0.500. The molecule has 1 fully saturated rings. The third-order valence-electron chi connectivity index (χ3n) is 4.60. The van der Waals surface area contributed by atoms with Crippen LogP contribution in [-0.2, 0) is 6.42 Å². The highest BCUT2D eigenvalue weighted by molar-refractivity contribution is 7.13. The fourth-order valence-electron chi connectivity index (χ4n) is 3.16. The number of piperidine rings is 1. The highest BCUT2D eigenvalue weighted by Gasteiger charge is 2.30. The quantitative estimate of drug-likeness (QED) is 0.925. The van der Waals surface area contributed by atoms with Crippen molar-refractivity contribution < 1.29 is 9.90 Å². The van der Waals surface area contributed by atoms with Crippen molar-refractivity contribution in [3.8, 4) is 0 Å². The number of amides is 1. The topological polar surface area (TPSA) is 66.3 Å². The molecule has 0 unspecified atom stereocenters. The summed E-state index contributed by atoms with van der Waals surface area (Å²) < 4.78 is 0. The predicted molar refractivity (Wildman–Crippen MR) is 94.1 cm³/mol. The Morgan fingerprint density at radius 1 is 1.42 bits per heavy atom. The van der Waals surface area contributed by atoms with Crippen molar-refractivity contribution in [3.05, 3.63) is 45.7 Å². The molecule has 1 saturated heterocycles. The molecule has 3 rings (SSSR count). The molecule has 0 aliphatic carbocycles. The second-order valence-electron chi connectivity index (χ2n) is 6.20. The van der Waals surface area contributed by atoms with Crippen LogP contribution in [0.15, 0.2) is 24.4 Å². The van der Waals surface area contributed by atoms with E-state index in [1.807, 2.05) is 30.0 Å². The summed E-state index contributed by atoms with van der Waals surface area (Å²) in [4.78, 5) is 24.1. The van der Waals surface area contributed by atoms with Gasteiger partial charge in [0.2, 0.25) is 0 Å². The van der Waals surface area contributed by atoms with E-state index in [1.54, 1.807) is 6.20 Å². The molecule has 1 aliphatic rings. The third-order valence-corrected chi connectivity index (χ3v) is 5.89. The van der Waals surface area contributed by atoms with Gasteiger partial charge < -0.3 is 10.0 Å². The summed E-state index contributed by atoms with van der Waals surface area (Å²) >= 11 is 1.50. The Labute approximate surface area is 146 Å². The zero-order valence-electron chi connectivity index (χ0n) is 14.1. The normalized spacial score (nSPS) is 17.0. The first-order chi connectivity index (χ1) is 11.6. The van der Waals surface area contributed by atoms with E-state index in [1.165, 1.54) is 11.3 Å². The molecule has 24 heavy (non-hydrogen) atoms. The van der Waals surface area contributed by atoms with Gasteiger partial charge in [-0.3, -0.25) is 9.78 Å². The van der Waals surface area contributed by atoms with E-state index in [4.69, 9.17) is 0 Å². The van der Waals surface area contributed by atoms with E-state index in [-0.39, 0.29) is 11.8 Å². The highest BCUT2D eigenvalue weighted by Crippen LogP contribution is 2.31. The molecular weight excluding hydrogens is 322 g/mol. The first-order valence-corrected chi connectivity index (χ1v) is 9.26. The molecule has 3 heterocycles. The van der Waals surface area contributed by atoms with E-state index in [0.717, 1.165) is 34.8 Å². The van der Waals surface area contributed by atoms with Crippen LogP contribution < -0.4 is 0 Å². The number of aliphatic hydroxyl groups is 1. The van der Waals surface area contributed by atoms with Crippen molar-refractivity contribution in [2.45, 2.75) is 39.2 Å². The van der Waals surface area contributed by atoms with Crippen LogP contribution in [0.2, 0.25) is 0 Å². The van der Waals surface area contributed by atoms with Crippen LogP contribution in [0, 0.1) is 12.8 Å². The molecule has 2 aromatic heterocycles. The van der Waals surface area contributed by atoms with Crippen molar-refractivity contribution in [2.24, 2.45) is 5.92 Å². The molecule has 1 N–H and O–H groups in total. The largest absolute Gasteiger partial charge is 0.387 e. The van der Waals surface area contributed by atoms with E-state index < -0.39 is 6.10 Å². The molecule has 0 radical (unpaired) electrons. The Hall–Kier alpha value is -1.79.